The Bertz CT molecular complexity index is 546. The van der Waals surface area contributed by atoms with E-state index < -0.39 is 4.92 Å². The summed E-state index contributed by atoms with van der Waals surface area (Å²) in [5.41, 5.74) is 1.64. The Labute approximate surface area is 109 Å². The first-order chi connectivity index (χ1) is 8.66. The van der Waals surface area contributed by atoms with Gasteiger partial charge in [0, 0.05) is 30.4 Å². The summed E-state index contributed by atoms with van der Waals surface area (Å²) in [6, 6.07) is 12.4. The standard InChI is InChI=1S/C13H11ClN2O2/c14-13(10-4-2-1-3-5-10)9-11-8-12(16(17)18)6-7-15-11/h1-8,13H,9H2. The fourth-order valence-corrected chi connectivity index (χ4v) is 1.96. The van der Waals surface area contributed by atoms with Gasteiger partial charge in [-0.25, -0.2) is 0 Å². The van der Waals surface area contributed by atoms with Gasteiger partial charge in [0.15, 0.2) is 0 Å². The van der Waals surface area contributed by atoms with Gasteiger partial charge in [-0.2, -0.15) is 0 Å². The van der Waals surface area contributed by atoms with E-state index in [-0.39, 0.29) is 11.1 Å². The maximum Gasteiger partial charge on any atom is 0.272 e. The van der Waals surface area contributed by atoms with Crippen molar-refractivity contribution in [2.24, 2.45) is 0 Å². The second-order valence-corrected chi connectivity index (χ2v) is 4.37. The van der Waals surface area contributed by atoms with Crippen LogP contribution >= 0.6 is 11.6 Å². The van der Waals surface area contributed by atoms with Crippen molar-refractivity contribution in [2.45, 2.75) is 11.8 Å². The van der Waals surface area contributed by atoms with E-state index >= 15 is 0 Å². The van der Waals surface area contributed by atoms with E-state index in [1.54, 1.807) is 0 Å². The third kappa shape index (κ3) is 3.05. The molecule has 0 amide bonds. The molecule has 0 radical (unpaired) electrons. The highest BCUT2D eigenvalue weighted by atomic mass is 35.5. The van der Waals surface area contributed by atoms with Gasteiger partial charge < -0.3 is 0 Å². The Hall–Kier alpha value is -1.94. The molecule has 0 aliphatic rings. The van der Waals surface area contributed by atoms with Gasteiger partial charge >= 0.3 is 0 Å². The third-order valence-electron chi connectivity index (χ3n) is 2.56. The number of benzene rings is 1. The molecule has 0 aliphatic heterocycles. The van der Waals surface area contributed by atoms with Crippen LogP contribution in [-0.4, -0.2) is 9.91 Å². The van der Waals surface area contributed by atoms with Crippen molar-refractivity contribution in [3.63, 3.8) is 0 Å². The van der Waals surface area contributed by atoms with Gasteiger partial charge in [-0.05, 0) is 5.56 Å². The second-order valence-electron chi connectivity index (χ2n) is 3.84. The largest absolute Gasteiger partial charge is 0.272 e. The Morgan fingerprint density at radius 2 is 2.00 bits per heavy atom. The molecule has 4 nitrogen and oxygen atoms in total. The van der Waals surface area contributed by atoms with Gasteiger partial charge in [0.05, 0.1) is 10.3 Å². The van der Waals surface area contributed by atoms with E-state index in [0.29, 0.717) is 12.1 Å². The number of pyridine rings is 1. The van der Waals surface area contributed by atoms with E-state index in [2.05, 4.69) is 4.98 Å². The molecule has 0 fully saturated rings. The fraction of sp³-hybridized carbons (Fsp3) is 0.154. The van der Waals surface area contributed by atoms with E-state index in [4.69, 9.17) is 11.6 Å². The first-order valence-electron chi connectivity index (χ1n) is 5.45. The summed E-state index contributed by atoms with van der Waals surface area (Å²) in [5, 5.41) is 10.4. The lowest BCUT2D eigenvalue weighted by Gasteiger charge is -2.08. The van der Waals surface area contributed by atoms with Crippen LogP contribution in [0.15, 0.2) is 48.7 Å². The molecule has 1 aromatic carbocycles. The first-order valence-corrected chi connectivity index (χ1v) is 5.89. The van der Waals surface area contributed by atoms with Gasteiger partial charge in [0.1, 0.15) is 0 Å². The van der Waals surface area contributed by atoms with E-state index in [1.807, 2.05) is 30.3 Å². The molecule has 0 N–H and O–H groups in total. The molecule has 1 unspecified atom stereocenters. The molecule has 0 bridgehead atoms. The van der Waals surface area contributed by atoms with Crippen LogP contribution in [0.5, 0.6) is 0 Å². The molecule has 0 saturated carbocycles. The van der Waals surface area contributed by atoms with Crippen LogP contribution in [0.3, 0.4) is 0 Å². The first kappa shape index (κ1) is 12.5. The molecule has 0 aliphatic carbocycles. The van der Waals surface area contributed by atoms with Crippen LogP contribution in [-0.2, 0) is 6.42 Å². The Balaban J connectivity index is 2.14. The van der Waals surface area contributed by atoms with Crippen LogP contribution in [0, 0.1) is 10.1 Å². The number of hydrogen-bond acceptors (Lipinski definition) is 3. The quantitative estimate of drug-likeness (QED) is 0.481. The molecule has 18 heavy (non-hydrogen) atoms. The number of alkyl halides is 1. The van der Waals surface area contributed by atoms with E-state index in [0.717, 1.165) is 5.56 Å². The molecule has 2 rings (SSSR count). The number of nitro groups is 1. The molecule has 2 aromatic rings. The summed E-state index contributed by atoms with van der Waals surface area (Å²) in [6.07, 6.45) is 1.90. The molecular weight excluding hydrogens is 252 g/mol. The summed E-state index contributed by atoms with van der Waals surface area (Å²) in [5.74, 6) is 0. The highest BCUT2D eigenvalue weighted by Gasteiger charge is 2.12. The van der Waals surface area contributed by atoms with Crippen molar-refractivity contribution in [2.75, 3.05) is 0 Å². The lowest BCUT2D eigenvalue weighted by atomic mass is 10.1. The minimum Gasteiger partial charge on any atom is -0.261 e. The van der Waals surface area contributed by atoms with Crippen molar-refractivity contribution in [1.29, 1.82) is 0 Å². The smallest absolute Gasteiger partial charge is 0.261 e. The molecule has 1 atom stereocenters. The molecular formula is C13H11ClN2O2. The summed E-state index contributed by atoms with van der Waals surface area (Å²) in [4.78, 5) is 14.3. The zero-order valence-corrected chi connectivity index (χ0v) is 10.2. The van der Waals surface area contributed by atoms with Crippen LogP contribution < -0.4 is 0 Å². The van der Waals surface area contributed by atoms with Gasteiger partial charge in [-0.1, -0.05) is 30.3 Å². The summed E-state index contributed by atoms with van der Waals surface area (Å²) in [7, 11) is 0. The monoisotopic (exact) mass is 262 g/mol. The topological polar surface area (TPSA) is 56.0 Å². The zero-order chi connectivity index (χ0) is 13.0. The maximum absolute atomic E-state index is 10.7. The number of hydrogen-bond donors (Lipinski definition) is 0. The highest BCUT2D eigenvalue weighted by Crippen LogP contribution is 2.25. The normalized spacial score (nSPS) is 12.1. The van der Waals surface area contributed by atoms with Gasteiger partial charge in [0.2, 0.25) is 0 Å². The summed E-state index contributed by atoms with van der Waals surface area (Å²) < 4.78 is 0. The number of nitrogens with zero attached hydrogens (tertiary/aromatic N) is 2. The molecule has 92 valence electrons. The summed E-state index contributed by atoms with van der Waals surface area (Å²) in [6.45, 7) is 0. The van der Waals surface area contributed by atoms with Crippen molar-refractivity contribution >= 4 is 17.3 Å². The van der Waals surface area contributed by atoms with E-state index in [9.17, 15) is 10.1 Å². The van der Waals surface area contributed by atoms with E-state index in [1.165, 1.54) is 18.3 Å². The Morgan fingerprint density at radius 1 is 1.28 bits per heavy atom. The number of rotatable bonds is 4. The summed E-state index contributed by atoms with van der Waals surface area (Å²) >= 11 is 6.26. The van der Waals surface area contributed by atoms with Crippen LogP contribution in [0.4, 0.5) is 5.69 Å². The highest BCUT2D eigenvalue weighted by molar-refractivity contribution is 6.20. The maximum atomic E-state index is 10.7. The van der Waals surface area contributed by atoms with Crippen LogP contribution in [0.1, 0.15) is 16.6 Å². The molecule has 1 aromatic heterocycles. The van der Waals surface area contributed by atoms with Gasteiger partial charge in [-0.3, -0.25) is 15.1 Å². The van der Waals surface area contributed by atoms with Gasteiger partial charge in [0.25, 0.3) is 5.69 Å². The predicted molar refractivity (Wildman–Crippen MR) is 69.6 cm³/mol. The van der Waals surface area contributed by atoms with Crippen molar-refractivity contribution < 1.29 is 4.92 Å². The lowest BCUT2D eigenvalue weighted by molar-refractivity contribution is -0.385. The van der Waals surface area contributed by atoms with Crippen LogP contribution in [0.2, 0.25) is 0 Å². The molecule has 5 heteroatoms. The lowest BCUT2D eigenvalue weighted by Crippen LogP contribution is -1.99. The minimum atomic E-state index is -0.434. The minimum absolute atomic E-state index is 0.0388. The van der Waals surface area contributed by atoms with Gasteiger partial charge in [-0.15, -0.1) is 11.6 Å². The number of aromatic nitrogens is 1. The predicted octanol–water partition coefficient (Wildman–Crippen LogP) is 3.51. The fourth-order valence-electron chi connectivity index (χ4n) is 1.65. The third-order valence-corrected chi connectivity index (χ3v) is 2.97. The number of halogens is 1. The SMILES string of the molecule is O=[N+]([O-])c1ccnc(CC(Cl)c2ccccc2)c1. The van der Waals surface area contributed by atoms with Crippen LogP contribution in [0.25, 0.3) is 0 Å². The van der Waals surface area contributed by atoms with Crippen molar-refractivity contribution in [1.82, 2.24) is 4.98 Å². The second kappa shape index (κ2) is 5.60. The van der Waals surface area contributed by atoms with Crippen molar-refractivity contribution in [3.05, 3.63) is 70.0 Å². The average molecular weight is 263 g/mol. The molecule has 0 spiro atoms. The average Bonchev–Trinajstić information content (AvgIpc) is 2.40. The Kier molecular flexibility index (Phi) is 3.89. The Morgan fingerprint density at radius 3 is 2.67 bits per heavy atom. The molecule has 0 saturated heterocycles. The molecule has 1 heterocycles. The van der Waals surface area contributed by atoms with Crippen molar-refractivity contribution in [3.8, 4) is 0 Å². The zero-order valence-electron chi connectivity index (χ0n) is 9.49.